The molecule has 3 atom stereocenters. The Labute approximate surface area is 158 Å². The first-order valence-electron chi connectivity index (χ1n) is 9.04. The maximum absolute atomic E-state index is 13.4. The van der Waals surface area contributed by atoms with Crippen molar-refractivity contribution in [3.8, 4) is 0 Å². The molecule has 0 fully saturated rings. The molecular weight excluding hydrogens is 350 g/mol. The van der Waals surface area contributed by atoms with E-state index >= 15 is 0 Å². The lowest BCUT2D eigenvalue weighted by Crippen LogP contribution is -2.65. The number of nitrogens with zero attached hydrogens (tertiary/aromatic N) is 2. The molecule has 0 radical (unpaired) electrons. The highest BCUT2D eigenvalue weighted by Crippen LogP contribution is 2.37. The molecule has 0 unspecified atom stereocenters. The number of nitrogens with one attached hydrogen (secondary N) is 1. The summed E-state index contributed by atoms with van der Waals surface area (Å²) in [4.78, 5) is 31.9. The molecule has 146 valence electrons. The lowest BCUT2D eigenvalue weighted by Gasteiger charge is -2.44. The second-order valence-electron chi connectivity index (χ2n) is 7.25. The van der Waals surface area contributed by atoms with E-state index in [2.05, 4.69) is 10.3 Å². The van der Waals surface area contributed by atoms with Crippen LogP contribution in [0, 0.1) is 11.8 Å². The van der Waals surface area contributed by atoms with E-state index in [0.717, 1.165) is 6.42 Å². The van der Waals surface area contributed by atoms with Crippen LogP contribution in [0.3, 0.4) is 0 Å². The molecule has 0 bridgehead atoms. The number of aliphatic imine (C=N–C) groups is 1. The van der Waals surface area contributed by atoms with Gasteiger partial charge in [-0.2, -0.15) is 4.99 Å². The highest BCUT2D eigenvalue weighted by molar-refractivity contribution is 6.14. The van der Waals surface area contributed by atoms with Crippen molar-refractivity contribution in [1.82, 2.24) is 10.2 Å². The fourth-order valence-electron chi connectivity index (χ4n) is 3.37. The average Bonchev–Trinajstić information content (AvgIpc) is 2.80. The number of aliphatic hydroxyl groups is 1. The first-order valence-corrected chi connectivity index (χ1v) is 9.04. The Morgan fingerprint density at radius 3 is 2.70 bits per heavy atom. The summed E-state index contributed by atoms with van der Waals surface area (Å²) in [6.07, 6.45) is 4.79. The van der Waals surface area contributed by atoms with Gasteiger partial charge >= 0.3 is 0 Å². The molecule has 8 heteroatoms. The highest BCUT2D eigenvalue weighted by atomic mass is 16.5. The van der Waals surface area contributed by atoms with Crippen LogP contribution in [0.25, 0.3) is 0 Å². The van der Waals surface area contributed by atoms with Crippen LogP contribution in [-0.4, -0.2) is 46.5 Å². The van der Waals surface area contributed by atoms with E-state index in [-0.39, 0.29) is 29.4 Å². The van der Waals surface area contributed by atoms with Crippen LogP contribution in [0.2, 0.25) is 0 Å². The van der Waals surface area contributed by atoms with Gasteiger partial charge in [0.2, 0.25) is 17.4 Å². The Bertz CT molecular complexity index is 795. The topological polar surface area (TPSA) is 100 Å². The van der Waals surface area contributed by atoms with Crippen LogP contribution in [-0.2, 0) is 19.1 Å². The summed E-state index contributed by atoms with van der Waals surface area (Å²) in [6, 6.07) is -0.787. The van der Waals surface area contributed by atoms with Crippen molar-refractivity contribution < 1.29 is 24.2 Å². The van der Waals surface area contributed by atoms with Crippen LogP contribution < -0.4 is 5.32 Å². The van der Waals surface area contributed by atoms with E-state index in [4.69, 9.17) is 9.47 Å². The zero-order chi connectivity index (χ0) is 19.9. The number of hydrogen-bond acceptors (Lipinski definition) is 6. The summed E-state index contributed by atoms with van der Waals surface area (Å²) in [7, 11) is 1.42. The van der Waals surface area contributed by atoms with E-state index in [1.165, 1.54) is 30.4 Å². The second-order valence-corrected chi connectivity index (χ2v) is 7.25. The monoisotopic (exact) mass is 375 g/mol. The van der Waals surface area contributed by atoms with Crippen LogP contribution >= 0.6 is 0 Å². The standard InChI is InChI=1S/C19H25N3O5/c1-6-11(4)13-15-21-17-19(25,9-12(26-5)7-8-27-17)18(24)22(15)14(10(2)3)16(23)20-13/h7-11,14,25H,6H2,1-5H3,(H,20,23)/t11-,14-,19+/m1/s1. The molecule has 3 aliphatic heterocycles. The maximum Gasteiger partial charge on any atom is 0.275 e. The first kappa shape index (κ1) is 19.2. The Hall–Kier alpha value is -2.61. The number of ether oxygens (including phenoxy) is 2. The van der Waals surface area contributed by atoms with Gasteiger partial charge in [-0.1, -0.05) is 27.7 Å². The van der Waals surface area contributed by atoms with Crippen molar-refractivity contribution in [3.05, 3.63) is 35.7 Å². The van der Waals surface area contributed by atoms with Gasteiger partial charge in [0.15, 0.2) is 5.82 Å². The third-order valence-electron chi connectivity index (χ3n) is 5.09. The minimum atomic E-state index is -2.15. The second kappa shape index (κ2) is 6.84. The molecule has 0 saturated heterocycles. The summed E-state index contributed by atoms with van der Waals surface area (Å²) < 4.78 is 10.6. The van der Waals surface area contributed by atoms with Crippen molar-refractivity contribution >= 4 is 17.7 Å². The molecular formula is C19H25N3O5. The number of hydrogen-bond donors (Lipinski definition) is 2. The van der Waals surface area contributed by atoms with Gasteiger partial charge in [0, 0.05) is 12.2 Å². The zero-order valence-electron chi connectivity index (χ0n) is 16.1. The van der Waals surface area contributed by atoms with Crippen molar-refractivity contribution in [2.75, 3.05) is 7.11 Å². The molecule has 0 aromatic carbocycles. The molecule has 0 saturated carbocycles. The molecule has 2 amide bonds. The zero-order valence-corrected chi connectivity index (χ0v) is 16.1. The van der Waals surface area contributed by atoms with Gasteiger partial charge in [-0.15, -0.1) is 0 Å². The van der Waals surface area contributed by atoms with E-state index in [0.29, 0.717) is 11.5 Å². The summed E-state index contributed by atoms with van der Waals surface area (Å²) in [6.45, 7) is 7.61. The number of fused-ring (bicyclic) bond motifs is 2. The predicted octanol–water partition coefficient (Wildman–Crippen LogP) is 1.40. The van der Waals surface area contributed by atoms with Crippen molar-refractivity contribution in [2.45, 2.75) is 45.8 Å². The number of carbonyl (C=O) groups excluding carboxylic acids is 2. The summed E-state index contributed by atoms with van der Waals surface area (Å²) in [5, 5.41) is 14.1. The van der Waals surface area contributed by atoms with Gasteiger partial charge in [-0.3, -0.25) is 14.5 Å². The highest BCUT2D eigenvalue weighted by Gasteiger charge is 2.55. The van der Waals surface area contributed by atoms with Gasteiger partial charge in [-0.05, 0) is 18.3 Å². The number of rotatable bonds is 4. The first-order chi connectivity index (χ1) is 12.7. The lowest BCUT2D eigenvalue weighted by atomic mass is 9.90. The van der Waals surface area contributed by atoms with Gasteiger partial charge < -0.3 is 19.9 Å². The number of methoxy groups -OCH3 is 1. The quantitative estimate of drug-likeness (QED) is 0.774. The van der Waals surface area contributed by atoms with Gasteiger partial charge in [0.25, 0.3) is 5.91 Å². The lowest BCUT2D eigenvalue weighted by molar-refractivity contribution is -0.150. The van der Waals surface area contributed by atoms with Crippen LogP contribution in [0.1, 0.15) is 34.1 Å². The minimum absolute atomic E-state index is 0.0331. The van der Waals surface area contributed by atoms with Crippen molar-refractivity contribution in [3.63, 3.8) is 0 Å². The van der Waals surface area contributed by atoms with Crippen molar-refractivity contribution in [2.24, 2.45) is 16.8 Å². The van der Waals surface area contributed by atoms with Gasteiger partial charge in [0.05, 0.1) is 19.1 Å². The smallest absolute Gasteiger partial charge is 0.275 e. The van der Waals surface area contributed by atoms with Crippen molar-refractivity contribution in [1.29, 1.82) is 0 Å². The maximum atomic E-state index is 13.4. The molecule has 3 rings (SSSR count). The summed E-state index contributed by atoms with van der Waals surface area (Å²) in [5.74, 6) is -0.782. The fraction of sp³-hybridized carbons (Fsp3) is 0.526. The Morgan fingerprint density at radius 1 is 1.41 bits per heavy atom. The molecule has 2 N–H and O–H groups in total. The largest absolute Gasteiger partial charge is 0.497 e. The summed E-state index contributed by atoms with van der Waals surface area (Å²) in [5.41, 5.74) is -1.60. The minimum Gasteiger partial charge on any atom is -0.497 e. The van der Waals surface area contributed by atoms with Crippen LogP contribution in [0.15, 0.2) is 40.7 Å². The molecule has 0 aromatic heterocycles. The SMILES string of the molecule is CC[C@@H](C)C1=C2N=C3OC=CC(OC)=C[C@@]3(O)C(=O)N2[C@H](C(C)C)C(=O)N1. The molecule has 0 aromatic rings. The molecule has 3 aliphatic rings. The normalized spacial score (nSPS) is 28.6. The molecule has 0 spiro atoms. The average molecular weight is 375 g/mol. The Balaban J connectivity index is 2.26. The van der Waals surface area contributed by atoms with Crippen LogP contribution in [0.4, 0.5) is 0 Å². The fourth-order valence-corrected chi connectivity index (χ4v) is 3.37. The predicted molar refractivity (Wildman–Crippen MR) is 97.8 cm³/mol. The molecule has 0 aliphatic carbocycles. The molecule has 3 heterocycles. The Morgan fingerprint density at radius 2 is 2.11 bits per heavy atom. The summed E-state index contributed by atoms with van der Waals surface area (Å²) >= 11 is 0. The third kappa shape index (κ3) is 2.93. The number of allylic oxidation sites excluding steroid dienone is 2. The molecule has 8 nitrogen and oxygen atoms in total. The number of carbonyl (C=O) groups is 2. The van der Waals surface area contributed by atoms with E-state index in [1.54, 1.807) is 0 Å². The third-order valence-corrected chi connectivity index (χ3v) is 5.09. The van der Waals surface area contributed by atoms with Gasteiger partial charge in [0.1, 0.15) is 11.8 Å². The van der Waals surface area contributed by atoms with E-state index in [1.807, 2.05) is 27.7 Å². The van der Waals surface area contributed by atoms with Gasteiger partial charge in [-0.25, -0.2) is 0 Å². The van der Waals surface area contributed by atoms with E-state index in [9.17, 15) is 14.7 Å². The van der Waals surface area contributed by atoms with E-state index < -0.39 is 17.6 Å². The Kier molecular flexibility index (Phi) is 4.86. The van der Waals surface area contributed by atoms with Crippen LogP contribution in [0.5, 0.6) is 0 Å². The number of amides is 2. The molecule has 27 heavy (non-hydrogen) atoms.